The minimum atomic E-state index is -0.205. The van der Waals surface area contributed by atoms with Crippen molar-refractivity contribution in [2.24, 2.45) is 5.92 Å². The zero-order chi connectivity index (χ0) is 11.9. The van der Waals surface area contributed by atoms with Gasteiger partial charge in [0, 0.05) is 0 Å². The molecule has 2 atom stereocenters. The van der Waals surface area contributed by atoms with Crippen molar-refractivity contribution in [1.29, 1.82) is 0 Å². The van der Waals surface area contributed by atoms with Gasteiger partial charge >= 0.3 is 0 Å². The Labute approximate surface area is 102 Å². The van der Waals surface area contributed by atoms with E-state index in [-0.39, 0.29) is 11.4 Å². The fourth-order valence-corrected chi connectivity index (χ4v) is 3.31. The average Bonchev–Trinajstić information content (AvgIpc) is 2.28. The molecule has 1 heterocycles. The molecule has 2 heteroatoms. The maximum atomic E-state index is 12.2. The van der Waals surface area contributed by atoms with Gasteiger partial charge in [0.1, 0.15) is 11.4 Å². The summed E-state index contributed by atoms with van der Waals surface area (Å²) in [5.74, 6) is 1.71. The van der Waals surface area contributed by atoms with Crippen molar-refractivity contribution >= 4 is 5.78 Å². The van der Waals surface area contributed by atoms with E-state index in [1.54, 1.807) is 0 Å². The Morgan fingerprint density at radius 2 is 2.18 bits per heavy atom. The quantitative estimate of drug-likeness (QED) is 0.680. The van der Waals surface area contributed by atoms with Crippen molar-refractivity contribution in [3.05, 3.63) is 29.8 Å². The van der Waals surface area contributed by atoms with Crippen LogP contribution in [0.4, 0.5) is 0 Å². The lowest BCUT2D eigenvalue weighted by Crippen LogP contribution is -2.45. The second-order valence-corrected chi connectivity index (χ2v) is 5.58. The molecule has 1 spiro atoms. The van der Waals surface area contributed by atoms with Crippen LogP contribution in [0.1, 0.15) is 49.4 Å². The number of fused-ring (bicyclic) bond motifs is 1. The van der Waals surface area contributed by atoms with E-state index in [0.29, 0.717) is 12.3 Å². The molecule has 2 unspecified atom stereocenters. The first kappa shape index (κ1) is 10.8. The third-order valence-corrected chi connectivity index (χ3v) is 4.05. The van der Waals surface area contributed by atoms with Crippen LogP contribution in [0.3, 0.4) is 0 Å². The van der Waals surface area contributed by atoms with Crippen molar-refractivity contribution in [2.75, 3.05) is 0 Å². The molecule has 17 heavy (non-hydrogen) atoms. The summed E-state index contributed by atoms with van der Waals surface area (Å²) in [5.41, 5.74) is 0.555. The van der Waals surface area contributed by atoms with Gasteiger partial charge in [-0.3, -0.25) is 4.79 Å². The number of ketones is 1. The van der Waals surface area contributed by atoms with Gasteiger partial charge in [-0.2, -0.15) is 0 Å². The molecule has 3 rings (SSSR count). The third kappa shape index (κ3) is 1.86. The molecule has 1 saturated carbocycles. The van der Waals surface area contributed by atoms with E-state index in [1.165, 1.54) is 12.8 Å². The summed E-state index contributed by atoms with van der Waals surface area (Å²) in [6.07, 6.45) is 5.05. The summed E-state index contributed by atoms with van der Waals surface area (Å²) in [6.45, 7) is 2.26. The smallest absolute Gasteiger partial charge is 0.170 e. The zero-order valence-electron chi connectivity index (χ0n) is 10.2. The van der Waals surface area contributed by atoms with Crippen molar-refractivity contribution < 1.29 is 9.53 Å². The Bertz CT molecular complexity index is 452. The average molecular weight is 230 g/mol. The lowest BCUT2D eigenvalue weighted by Gasteiger charge is -2.42. The molecule has 1 aliphatic carbocycles. The summed E-state index contributed by atoms with van der Waals surface area (Å²) in [6, 6.07) is 7.64. The number of hydrogen-bond donors (Lipinski definition) is 0. The number of rotatable bonds is 0. The van der Waals surface area contributed by atoms with Gasteiger partial charge in [0.25, 0.3) is 0 Å². The van der Waals surface area contributed by atoms with Crippen LogP contribution in [-0.2, 0) is 0 Å². The lowest BCUT2D eigenvalue weighted by atomic mass is 9.74. The summed E-state index contributed by atoms with van der Waals surface area (Å²) in [5, 5.41) is 0. The maximum absolute atomic E-state index is 12.2. The van der Waals surface area contributed by atoms with Crippen molar-refractivity contribution in [2.45, 2.75) is 44.6 Å². The van der Waals surface area contributed by atoms with Crippen LogP contribution in [0.25, 0.3) is 0 Å². The molecular weight excluding hydrogens is 212 g/mol. The second kappa shape index (κ2) is 3.86. The van der Waals surface area contributed by atoms with Gasteiger partial charge in [-0.05, 0) is 37.3 Å². The Balaban J connectivity index is 1.95. The molecule has 90 valence electrons. The highest BCUT2D eigenvalue weighted by Crippen LogP contribution is 2.43. The second-order valence-electron chi connectivity index (χ2n) is 5.58. The topological polar surface area (TPSA) is 26.3 Å². The van der Waals surface area contributed by atoms with E-state index >= 15 is 0 Å². The van der Waals surface area contributed by atoms with Crippen LogP contribution < -0.4 is 4.74 Å². The molecule has 0 amide bonds. The van der Waals surface area contributed by atoms with Crippen molar-refractivity contribution in [3.8, 4) is 5.75 Å². The molecule has 0 N–H and O–H groups in total. The Morgan fingerprint density at radius 3 is 3.00 bits per heavy atom. The zero-order valence-corrected chi connectivity index (χ0v) is 10.2. The molecule has 1 aliphatic heterocycles. The minimum absolute atomic E-state index is 0.205. The molecule has 0 bridgehead atoms. The Hall–Kier alpha value is -1.31. The summed E-state index contributed by atoms with van der Waals surface area (Å²) in [4.78, 5) is 12.2. The number of carbonyl (C=O) groups excluding carboxylic acids is 1. The van der Waals surface area contributed by atoms with E-state index in [2.05, 4.69) is 6.92 Å². The molecule has 0 aromatic heterocycles. The number of carbonyl (C=O) groups is 1. The normalized spacial score (nSPS) is 32.1. The molecule has 2 aliphatic rings. The first-order valence-electron chi connectivity index (χ1n) is 6.50. The van der Waals surface area contributed by atoms with Gasteiger partial charge < -0.3 is 4.74 Å². The van der Waals surface area contributed by atoms with Gasteiger partial charge in [-0.1, -0.05) is 25.5 Å². The van der Waals surface area contributed by atoms with Gasteiger partial charge in [0.2, 0.25) is 0 Å². The molecule has 1 aromatic carbocycles. The summed E-state index contributed by atoms with van der Waals surface area (Å²) >= 11 is 0. The van der Waals surface area contributed by atoms with E-state index < -0.39 is 0 Å². The number of Topliss-reactive ketones (excluding diaryl/α,β-unsaturated/α-hetero) is 1. The van der Waals surface area contributed by atoms with Crippen molar-refractivity contribution in [3.63, 3.8) is 0 Å². The maximum Gasteiger partial charge on any atom is 0.170 e. The highest BCUT2D eigenvalue weighted by Gasteiger charge is 2.42. The fraction of sp³-hybridized carbons (Fsp3) is 0.533. The Kier molecular flexibility index (Phi) is 2.46. The van der Waals surface area contributed by atoms with Crippen LogP contribution in [0.2, 0.25) is 0 Å². The van der Waals surface area contributed by atoms with E-state index in [1.807, 2.05) is 24.3 Å². The third-order valence-electron chi connectivity index (χ3n) is 4.05. The van der Waals surface area contributed by atoms with Gasteiger partial charge in [-0.15, -0.1) is 0 Å². The minimum Gasteiger partial charge on any atom is -0.486 e. The monoisotopic (exact) mass is 230 g/mol. The molecule has 2 nitrogen and oxygen atoms in total. The van der Waals surface area contributed by atoms with Crippen LogP contribution in [0, 0.1) is 5.92 Å². The lowest BCUT2D eigenvalue weighted by molar-refractivity contribution is -0.000811. The molecule has 1 fully saturated rings. The summed E-state index contributed by atoms with van der Waals surface area (Å²) in [7, 11) is 0. The number of para-hydroxylation sites is 1. The summed E-state index contributed by atoms with van der Waals surface area (Å²) < 4.78 is 6.18. The molecule has 1 aromatic rings. The van der Waals surface area contributed by atoms with Gasteiger partial charge in [0.05, 0.1) is 12.0 Å². The number of ether oxygens (including phenoxy) is 1. The van der Waals surface area contributed by atoms with Crippen LogP contribution in [0.5, 0.6) is 5.75 Å². The first-order valence-corrected chi connectivity index (χ1v) is 6.50. The predicted octanol–water partition coefficient (Wildman–Crippen LogP) is 3.60. The van der Waals surface area contributed by atoms with E-state index in [4.69, 9.17) is 4.74 Å². The highest BCUT2D eigenvalue weighted by molar-refractivity contribution is 6.00. The molecular formula is C15H18O2. The van der Waals surface area contributed by atoms with Gasteiger partial charge in [0.15, 0.2) is 5.78 Å². The van der Waals surface area contributed by atoms with Gasteiger partial charge in [-0.25, -0.2) is 0 Å². The number of benzene rings is 1. The molecule has 0 radical (unpaired) electrons. The van der Waals surface area contributed by atoms with Crippen LogP contribution in [-0.4, -0.2) is 11.4 Å². The largest absolute Gasteiger partial charge is 0.486 e. The standard InChI is InChI=1S/C15H18O2/c1-11-5-4-8-15(9-11)10-13(16)12-6-2-3-7-14(12)17-15/h2-3,6-7,11H,4-5,8-10H2,1H3. The van der Waals surface area contributed by atoms with Crippen LogP contribution in [0.15, 0.2) is 24.3 Å². The number of hydrogen-bond acceptors (Lipinski definition) is 2. The first-order chi connectivity index (χ1) is 8.19. The highest BCUT2D eigenvalue weighted by atomic mass is 16.5. The predicted molar refractivity (Wildman–Crippen MR) is 66.4 cm³/mol. The SMILES string of the molecule is CC1CCCC2(CC(=O)c3ccccc3O2)C1. The van der Waals surface area contributed by atoms with E-state index in [0.717, 1.165) is 24.2 Å². The molecule has 0 saturated heterocycles. The van der Waals surface area contributed by atoms with Crippen molar-refractivity contribution in [1.82, 2.24) is 0 Å². The Morgan fingerprint density at radius 1 is 1.35 bits per heavy atom. The van der Waals surface area contributed by atoms with E-state index in [9.17, 15) is 4.79 Å². The van der Waals surface area contributed by atoms with Crippen LogP contribution >= 0.6 is 0 Å². The fourth-order valence-electron chi connectivity index (χ4n) is 3.31.